The Morgan fingerprint density at radius 2 is 1.81 bits per heavy atom. The molecule has 0 aromatic heterocycles. The molecule has 6 heteroatoms. The number of carboxylic acids is 1. The van der Waals surface area contributed by atoms with Crippen molar-refractivity contribution in [1.82, 2.24) is 0 Å². The van der Waals surface area contributed by atoms with E-state index in [1.807, 2.05) is 0 Å². The lowest BCUT2D eigenvalue weighted by molar-refractivity contribution is -0.157. The van der Waals surface area contributed by atoms with Crippen LogP contribution >= 0.6 is 0 Å². The first-order valence-electron chi connectivity index (χ1n) is 6.59. The van der Waals surface area contributed by atoms with E-state index in [-0.39, 0.29) is 13.0 Å². The zero-order chi connectivity index (χ0) is 16.0. The SMILES string of the molecule is CC(C)(C)OC(=O)COc1ccc(C[C@H](N)C(=O)O)cc1. The van der Waals surface area contributed by atoms with E-state index in [4.69, 9.17) is 20.3 Å². The van der Waals surface area contributed by atoms with Crippen molar-refractivity contribution < 1.29 is 24.2 Å². The fourth-order valence-electron chi connectivity index (χ4n) is 1.58. The van der Waals surface area contributed by atoms with Crippen LogP contribution in [0, 0.1) is 0 Å². The second kappa shape index (κ2) is 7.08. The van der Waals surface area contributed by atoms with Crippen molar-refractivity contribution in [3.05, 3.63) is 29.8 Å². The zero-order valence-electron chi connectivity index (χ0n) is 12.5. The summed E-state index contributed by atoms with van der Waals surface area (Å²) in [4.78, 5) is 22.2. The maximum Gasteiger partial charge on any atom is 0.344 e. The molecule has 3 N–H and O–H groups in total. The van der Waals surface area contributed by atoms with Gasteiger partial charge in [0.1, 0.15) is 17.4 Å². The lowest BCUT2D eigenvalue weighted by atomic mass is 10.1. The van der Waals surface area contributed by atoms with E-state index >= 15 is 0 Å². The van der Waals surface area contributed by atoms with Gasteiger partial charge in [0.15, 0.2) is 6.61 Å². The molecule has 0 spiro atoms. The lowest BCUT2D eigenvalue weighted by Crippen LogP contribution is -2.32. The van der Waals surface area contributed by atoms with Gasteiger partial charge in [-0.25, -0.2) is 4.79 Å². The van der Waals surface area contributed by atoms with Crippen LogP contribution in [0.4, 0.5) is 0 Å². The second-order valence-corrected chi connectivity index (χ2v) is 5.67. The topological polar surface area (TPSA) is 98.9 Å². The van der Waals surface area contributed by atoms with Gasteiger partial charge in [0, 0.05) is 0 Å². The molecule has 1 atom stereocenters. The molecule has 0 saturated carbocycles. The highest BCUT2D eigenvalue weighted by Crippen LogP contribution is 2.14. The van der Waals surface area contributed by atoms with Crippen molar-refractivity contribution in [2.45, 2.75) is 38.8 Å². The standard InChI is InChI=1S/C15H21NO5/c1-15(2,3)21-13(17)9-20-11-6-4-10(5-7-11)8-12(16)14(18)19/h4-7,12H,8-9,16H2,1-3H3,(H,18,19)/t12-/m0/s1. The lowest BCUT2D eigenvalue weighted by Gasteiger charge is -2.19. The van der Waals surface area contributed by atoms with E-state index in [0.29, 0.717) is 5.75 Å². The summed E-state index contributed by atoms with van der Waals surface area (Å²) < 4.78 is 10.4. The molecule has 0 amide bonds. The van der Waals surface area contributed by atoms with Gasteiger partial charge in [-0.3, -0.25) is 4.79 Å². The maximum atomic E-state index is 11.5. The van der Waals surface area contributed by atoms with Crippen molar-refractivity contribution in [1.29, 1.82) is 0 Å². The van der Waals surface area contributed by atoms with Crippen LogP contribution < -0.4 is 10.5 Å². The molecule has 0 saturated heterocycles. The number of nitrogens with two attached hydrogens (primary N) is 1. The predicted octanol–water partition coefficient (Wildman–Crippen LogP) is 1.36. The van der Waals surface area contributed by atoms with Crippen LogP contribution in [0.25, 0.3) is 0 Å². The van der Waals surface area contributed by atoms with Gasteiger partial charge in [0.25, 0.3) is 0 Å². The number of hydrogen-bond donors (Lipinski definition) is 2. The average Bonchev–Trinajstić information content (AvgIpc) is 2.35. The Labute approximate surface area is 123 Å². The summed E-state index contributed by atoms with van der Waals surface area (Å²) in [5.74, 6) is -0.978. The number of esters is 1. The average molecular weight is 295 g/mol. The van der Waals surface area contributed by atoms with Crippen molar-refractivity contribution in [3.63, 3.8) is 0 Å². The highest BCUT2D eigenvalue weighted by Gasteiger charge is 2.16. The smallest absolute Gasteiger partial charge is 0.344 e. The first-order chi connectivity index (χ1) is 9.67. The molecule has 0 radical (unpaired) electrons. The van der Waals surface area contributed by atoms with E-state index in [2.05, 4.69) is 0 Å². The molecule has 1 rings (SSSR count). The molecule has 116 valence electrons. The Morgan fingerprint density at radius 3 is 2.29 bits per heavy atom. The van der Waals surface area contributed by atoms with Crippen LogP contribution in [-0.4, -0.2) is 35.3 Å². The van der Waals surface area contributed by atoms with Crippen molar-refractivity contribution in [3.8, 4) is 5.75 Å². The van der Waals surface area contributed by atoms with Gasteiger partial charge in [-0.05, 0) is 44.9 Å². The third-order valence-electron chi connectivity index (χ3n) is 2.47. The monoisotopic (exact) mass is 295 g/mol. The minimum Gasteiger partial charge on any atom is -0.482 e. The Kier molecular flexibility index (Phi) is 5.72. The van der Waals surface area contributed by atoms with E-state index in [1.165, 1.54) is 0 Å². The third-order valence-corrected chi connectivity index (χ3v) is 2.47. The van der Waals surface area contributed by atoms with E-state index in [1.54, 1.807) is 45.0 Å². The van der Waals surface area contributed by atoms with Crippen LogP contribution in [-0.2, 0) is 20.7 Å². The van der Waals surface area contributed by atoms with Gasteiger partial charge < -0.3 is 20.3 Å². The van der Waals surface area contributed by atoms with E-state index in [9.17, 15) is 9.59 Å². The van der Waals surface area contributed by atoms with Gasteiger partial charge in [-0.2, -0.15) is 0 Å². The Hall–Kier alpha value is -2.08. The van der Waals surface area contributed by atoms with Crippen LogP contribution in [0.3, 0.4) is 0 Å². The minimum atomic E-state index is -1.04. The number of rotatable bonds is 6. The molecule has 21 heavy (non-hydrogen) atoms. The van der Waals surface area contributed by atoms with Crippen molar-refractivity contribution >= 4 is 11.9 Å². The molecule has 1 aromatic rings. The highest BCUT2D eigenvalue weighted by atomic mass is 16.6. The molecule has 0 heterocycles. The molecule has 0 aliphatic carbocycles. The molecule has 1 aromatic carbocycles. The van der Waals surface area contributed by atoms with Gasteiger partial charge >= 0.3 is 11.9 Å². The fourth-order valence-corrected chi connectivity index (χ4v) is 1.58. The Bertz CT molecular complexity index is 490. The van der Waals surface area contributed by atoms with Gasteiger partial charge in [-0.15, -0.1) is 0 Å². The number of benzene rings is 1. The fraction of sp³-hybridized carbons (Fsp3) is 0.467. The summed E-state index contributed by atoms with van der Waals surface area (Å²) >= 11 is 0. The number of carbonyl (C=O) groups is 2. The first-order valence-corrected chi connectivity index (χ1v) is 6.59. The van der Waals surface area contributed by atoms with Crippen LogP contribution in [0.1, 0.15) is 26.3 Å². The van der Waals surface area contributed by atoms with Crippen molar-refractivity contribution in [2.75, 3.05) is 6.61 Å². The third kappa shape index (κ3) is 6.76. The summed E-state index contributed by atoms with van der Waals surface area (Å²) in [5, 5.41) is 8.73. The van der Waals surface area contributed by atoms with Crippen molar-refractivity contribution in [2.24, 2.45) is 5.73 Å². The highest BCUT2D eigenvalue weighted by molar-refractivity contribution is 5.73. The second-order valence-electron chi connectivity index (χ2n) is 5.67. The van der Waals surface area contributed by atoms with Crippen LogP contribution in [0.2, 0.25) is 0 Å². The zero-order valence-corrected chi connectivity index (χ0v) is 12.5. The molecular weight excluding hydrogens is 274 g/mol. The number of carbonyl (C=O) groups excluding carboxylic acids is 1. The Balaban J connectivity index is 2.48. The molecule has 0 bridgehead atoms. The molecule has 0 aliphatic rings. The number of carboxylic acid groups (broad SMARTS) is 1. The van der Waals surface area contributed by atoms with Crippen LogP contribution in [0.15, 0.2) is 24.3 Å². The molecule has 0 fully saturated rings. The van der Waals surface area contributed by atoms with Crippen LogP contribution in [0.5, 0.6) is 5.75 Å². The molecular formula is C15H21NO5. The normalized spacial score (nSPS) is 12.6. The molecule has 0 aliphatic heterocycles. The number of ether oxygens (including phenoxy) is 2. The summed E-state index contributed by atoms with van der Waals surface area (Å²) in [7, 11) is 0. The maximum absolute atomic E-state index is 11.5. The summed E-state index contributed by atoms with van der Waals surface area (Å²) in [6.07, 6.45) is 0.238. The van der Waals surface area contributed by atoms with E-state index in [0.717, 1.165) is 5.56 Å². The number of aliphatic carboxylic acids is 1. The van der Waals surface area contributed by atoms with Gasteiger partial charge in [0.05, 0.1) is 0 Å². The summed E-state index contributed by atoms with van der Waals surface area (Å²) in [6, 6.07) is 5.82. The minimum absolute atomic E-state index is 0.175. The molecule has 6 nitrogen and oxygen atoms in total. The first kappa shape index (κ1) is 17.0. The largest absolute Gasteiger partial charge is 0.482 e. The number of hydrogen-bond acceptors (Lipinski definition) is 5. The predicted molar refractivity (Wildman–Crippen MR) is 77.1 cm³/mol. The van der Waals surface area contributed by atoms with Gasteiger partial charge in [-0.1, -0.05) is 12.1 Å². The summed E-state index contributed by atoms with van der Waals surface area (Å²) in [5.41, 5.74) is 5.69. The van der Waals surface area contributed by atoms with E-state index < -0.39 is 23.6 Å². The summed E-state index contributed by atoms with van der Waals surface area (Å²) in [6.45, 7) is 5.17. The van der Waals surface area contributed by atoms with Gasteiger partial charge in [0.2, 0.25) is 0 Å². The molecule has 0 unspecified atom stereocenters. The Morgan fingerprint density at radius 1 is 1.24 bits per heavy atom. The quantitative estimate of drug-likeness (QED) is 0.769.